The summed E-state index contributed by atoms with van der Waals surface area (Å²) in [6, 6.07) is 14.7. The summed E-state index contributed by atoms with van der Waals surface area (Å²) < 4.78 is 2.03. The van der Waals surface area contributed by atoms with E-state index in [1.54, 1.807) is 6.07 Å². The minimum Gasteiger partial charge on any atom is -0.302 e. The van der Waals surface area contributed by atoms with E-state index < -0.39 is 0 Å². The number of benzene rings is 2. The lowest BCUT2D eigenvalue weighted by Crippen LogP contribution is -2.23. The SMILES string of the molecule is CN(C)Cc1nnc(CN2CCCC2)n1-c1ccc(Cl)cc1C(=O)c1ccccc1. The summed E-state index contributed by atoms with van der Waals surface area (Å²) in [5.74, 6) is 1.58. The fourth-order valence-corrected chi connectivity index (χ4v) is 4.06. The van der Waals surface area contributed by atoms with Gasteiger partial charge in [0, 0.05) is 16.1 Å². The molecule has 0 unspecified atom stereocenters. The van der Waals surface area contributed by atoms with Crippen LogP contribution in [-0.4, -0.2) is 57.5 Å². The first-order valence-electron chi connectivity index (χ1n) is 10.2. The second-order valence-electron chi connectivity index (χ2n) is 7.95. The van der Waals surface area contributed by atoms with Crippen LogP contribution >= 0.6 is 11.6 Å². The van der Waals surface area contributed by atoms with Crippen LogP contribution in [0.3, 0.4) is 0 Å². The Bertz CT molecular complexity index is 1030. The van der Waals surface area contributed by atoms with E-state index in [1.165, 1.54) is 12.8 Å². The number of carbonyl (C=O) groups is 1. The summed E-state index contributed by atoms with van der Waals surface area (Å²) >= 11 is 6.30. The van der Waals surface area contributed by atoms with Gasteiger partial charge in [-0.15, -0.1) is 10.2 Å². The molecule has 1 aromatic heterocycles. The Morgan fingerprint density at radius 2 is 1.73 bits per heavy atom. The highest BCUT2D eigenvalue weighted by Crippen LogP contribution is 2.26. The summed E-state index contributed by atoms with van der Waals surface area (Å²) in [4.78, 5) is 17.8. The summed E-state index contributed by atoms with van der Waals surface area (Å²) in [6.07, 6.45) is 2.41. The Morgan fingerprint density at radius 3 is 2.43 bits per heavy atom. The zero-order chi connectivity index (χ0) is 21.1. The van der Waals surface area contributed by atoms with Gasteiger partial charge < -0.3 is 4.90 Å². The highest BCUT2D eigenvalue weighted by Gasteiger charge is 2.23. The third kappa shape index (κ3) is 4.46. The molecular formula is C23H26ClN5O. The number of aromatic nitrogens is 3. The molecule has 1 saturated heterocycles. The maximum absolute atomic E-state index is 13.4. The molecule has 0 radical (unpaired) electrons. The average Bonchev–Trinajstić information content (AvgIpc) is 3.38. The Balaban J connectivity index is 1.82. The topological polar surface area (TPSA) is 54.3 Å². The Hall–Kier alpha value is -2.54. The lowest BCUT2D eigenvalue weighted by Gasteiger charge is -2.19. The van der Waals surface area contributed by atoms with Crippen LogP contribution in [-0.2, 0) is 13.1 Å². The maximum Gasteiger partial charge on any atom is 0.195 e. The van der Waals surface area contributed by atoms with Crippen molar-refractivity contribution in [2.45, 2.75) is 25.9 Å². The van der Waals surface area contributed by atoms with Gasteiger partial charge in [-0.2, -0.15) is 0 Å². The fraction of sp³-hybridized carbons (Fsp3) is 0.348. The van der Waals surface area contributed by atoms with E-state index in [-0.39, 0.29) is 5.78 Å². The number of ketones is 1. The van der Waals surface area contributed by atoms with Gasteiger partial charge in [0.1, 0.15) is 0 Å². The number of likely N-dealkylation sites (tertiary alicyclic amines) is 1. The molecule has 0 bridgehead atoms. The molecule has 4 rings (SSSR count). The molecule has 3 aromatic rings. The summed E-state index contributed by atoms with van der Waals surface area (Å²) in [5, 5.41) is 9.50. The number of halogens is 1. The molecule has 1 aliphatic heterocycles. The first kappa shape index (κ1) is 20.7. The lowest BCUT2D eigenvalue weighted by atomic mass is 10.0. The quantitative estimate of drug-likeness (QED) is 0.541. The van der Waals surface area contributed by atoms with Gasteiger partial charge in [-0.25, -0.2) is 0 Å². The van der Waals surface area contributed by atoms with Gasteiger partial charge in [-0.3, -0.25) is 14.3 Å². The molecule has 0 N–H and O–H groups in total. The zero-order valence-electron chi connectivity index (χ0n) is 17.4. The van der Waals surface area contributed by atoms with Crippen LogP contribution in [0.4, 0.5) is 0 Å². The van der Waals surface area contributed by atoms with Gasteiger partial charge in [0.05, 0.1) is 18.8 Å². The third-order valence-electron chi connectivity index (χ3n) is 5.30. The molecule has 0 spiro atoms. The Kier molecular flexibility index (Phi) is 6.27. The second-order valence-corrected chi connectivity index (χ2v) is 8.38. The number of hydrogen-bond donors (Lipinski definition) is 0. The zero-order valence-corrected chi connectivity index (χ0v) is 18.1. The van der Waals surface area contributed by atoms with E-state index in [9.17, 15) is 4.79 Å². The van der Waals surface area contributed by atoms with E-state index in [1.807, 2.05) is 61.1 Å². The molecule has 7 heteroatoms. The predicted octanol–water partition coefficient (Wildman–Crippen LogP) is 3.81. The van der Waals surface area contributed by atoms with E-state index >= 15 is 0 Å². The van der Waals surface area contributed by atoms with Crippen LogP contribution in [0.15, 0.2) is 48.5 Å². The molecule has 0 aliphatic carbocycles. The number of carbonyl (C=O) groups excluding carboxylic acids is 1. The van der Waals surface area contributed by atoms with Crippen LogP contribution in [0.2, 0.25) is 5.02 Å². The highest BCUT2D eigenvalue weighted by molar-refractivity contribution is 6.31. The minimum absolute atomic E-state index is 0.0651. The minimum atomic E-state index is -0.0651. The third-order valence-corrected chi connectivity index (χ3v) is 5.53. The van der Waals surface area contributed by atoms with Crippen molar-refractivity contribution in [1.29, 1.82) is 0 Å². The fourth-order valence-electron chi connectivity index (χ4n) is 3.89. The van der Waals surface area contributed by atoms with Crippen molar-refractivity contribution in [2.24, 2.45) is 0 Å². The molecule has 1 aliphatic rings. The summed E-state index contributed by atoms with van der Waals surface area (Å²) in [7, 11) is 3.99. The molecule has 30 heavy (non-hydrogen) atoms. The van der Waals surface area contributed by atoms with Crippen molar-refractivity contribution in [1.82, 2.24) is 24.6 Å². The van der Waals surface area contributed by atoms with Crippen LogP contribution in [0.1, 0.15) is 40.4 Å². The van der Waals surface area contributed by atoms with E-state index in [0.29, 0.717) is 29.2 Å². The molecule has 0 amide bonds. The number of nitrogens with zero attached hydrogens (tertiary/aromatic N) is 5. The van der Waals surface area contributed by atoms with Crippen LogP contribution in [0.25, 0.3) is 5.69 Å². The standard InChI is InChI=1S/C23H26ClN5O/c1-27(2)15-21-25-26-22(16-28-12-6-7-13-28)29(21)20-11-10-18(24)14-19(20)23(30)17-8-4-3-5-9-17/h3-5,8-11,14H,6-7,12-13,15-16H2,1-2H3. The van der Waals surface area contributed by atoms with Crippen molar-refractivity contribution in [3.8, 4) is 5.69 Å². The highest BCUT2D eigenvalue weighted by atomic mass is 35.5. The van der Waals surface area contributed by atoms with Crippen LogP contribution in [0.5, 0.6) is 0 Å². The van der Waals surface area contributed by atoms with Crippen molar-refractivity contribution >= 4 is 17.4 Å². The molecule has 2 heterocycles. The van der Waals surface area contributed by atoms with Gasteiger partial charge in [0.15, 0.2) is 17.4 Å². The van der Waals surface area contributed by atoms with Gasteiger partial charge in [-0.05, 0) is 58.2 Å². The van der Waals surface area contributed by atoms with Gasteiger partial charge >= 0.3 is 0 Å². The molecule has 6 nitrogen and oxygen atoms in total. The smallest absolute Gasteiger partial charge is 0.195 e. The number of rotatable bonds is 7. The first-order chi connectivity index (χ1) is 14.5. The van der Waals surface area contributed by atoms with Crippen molar-refractivity contribution < 1.29 is 4.79 Å². The number of hydrogen-bond acceptors (Lipinski definition) is 5. The lowest BCUT2D eigenvalue weighted by molar-refractivity contribution is 0.103. The van der Waals surface area contributed by atoms with Crippen LogP contribution in [0, 0.1) is 0 Å². The second kappa shape index (κ2) is 9.08. The van der Waals surface area contributed by atoms with Crippen LogP contribution < -0.4 is 0 Å². The monoisotopic (exact) mass is 423 g/mol. The van der Waals surface area contributed by atoms with Gasteiger partial charge in [-0.1, -0.05) is 41.9 Å². The van der Waals surface area contributed by atoms with Gasteiger partial charge in [0.2, 0.25) is 0 Å². The Morgan fingerprint density at radius 1 is 1.03 bits per heavy atom. The molecular weight excluding hydrogens is 398 g/mol. The van der Waals surface area contributed by atoms with E-state index in [4.69, 9.17) is 11.6 Å². The van der Waals surface area contributed by atoms with Crippen molar-refractivity contribution in [3.05, 3.63) is 76.3 Å². The predicted molar refractivity (Wildman–Crippen MR) is 118 cm³/mol. The Labute approximate surface area is 182 Å². The van der Waals surface area contributed by atoms with E-state index in [2.05, 4.69) is 20.0 Å². The van der Waals surface area contributed by atoms with Crippen molar-refractivity contribution in [2.75, 3.05) is 27.2 Å². The van der Waals surface area contributed by atoms with Crippen molar-refractivity contribution in [3.63, 3.8) is 0 Å². The average molecular weight is 424 g/mol. The molecule has 0 atom stereocenters. The first-order valence-corrected chi connectivity index (χ1v) is 10.6. The maximum atomic E-state index is 13.4. The molecule has 1 fully saturated rings. The molecule has 0 saturated carbocycles. The van der Waals surface area contributed by atoms with E-state index in [0.717, 1.165) is 30.4 Å². The largest absolute Gasteiger partial charge is 0.302 e. The molecule has 2 aromatic carbocycles. The summed E-state index contributed by atoms with van der Waals surface area (Å²) in [5.41, 5.74) is 1.95. The summed E-state index contributed by atoms with van der Waals surface area (Å²) in [6.45, 7) is 3.45. The van der Waals surface area contributed by atoms with Gasteiger partial charge in [0.25, 0.3) is 0 Å². The normalized spacial score (nSPS) is 14.5. The molecule has 156 valence electrons.